The fraction of sp³-hybridized carbons (Fsp3) is 0. The minimum atomic E-state index is 0.728. The molecule has 0 fully saturated rings. The van der Waals surface area contributed by atoms with Gasteiger partial charge in [-0.2, -0.15) is 0 Å². The first kappa shape index (κ1) is 12.1. The lowest BCUT2D eigenvalue weighted by molar-refractivity contribution is 1.05. The molecule has 2 aromatic carbocycles. The van der Waals surface area contributed by atoms with Crippen LogP contribution in [0.3, 0.4) is 0 Å². The summed E-state index contributed by atoms with van der Waals surface area (Å²) in [6.07, 6.45) is 3.71. The Balaban J connectivity index is 1.88. The van der Waals surface area contributed by atoms with Gasteiger partial charge in [-0.05, 0) is 24.3 Å². The molecule has 2 heterocycles. The molecule has 0 aliphatic heterocycles. The number of anilines is 1. The number of hydrogen-bond donors (Lipinski definition) is 1. The third-order valence-electron chi connectivity index (χ3n) is 3.27. The van der Waals surface area contributed by atoms with Gasteiger partial charge in [0, 0.05) is 23.6 Å². The van der Waals surface area contributed by atoms with Gasteiger partial charge >= 0.3 is 0 Å². The van der Waals surface area contributed by atoms with Crippen molar-refractivity contribution in [3.63, 3.8) is 0 Å². The van der Waals surface area contributed by atoms with Gasteiger partial charge in [-0.15, -0.1) is 0 Å². The predicted molar refractivity (Wildman–Crippen MR) is 86.6 cm³/mol. The highest BCUT2D eigenvalue weighted by atomic mass is 32.1. The van der Waals surface area contributed by atoms with Gasteiger partial charge in [-0.3, -0.25) is 4.57 Å². The first-order valence-corrected chi connectivity index (χ1v) is 7.38. The molecule has 4 nitrogen and oxygen atoms in total. The Morgan fingerprint density at radius 1 is 1.05 bits per heavy atom. The second-order valence-corrected chi connectivity index (χ2v) is 5.72. The minimum absolute atomic E-state index is 0.728. The van der Waals surface area contributed by atoms with Gasteiger partial charge in [0.25, 0.3) is 0 Å². The van der Waals surface area contributed by atoms with Crippen LogP contribution in [-0.2, 0) is 0 Å². The van der Waals surface area contributed by atoms with Crippen LogP contribution in [0.5, 0.6) is 0 Å². The van der Waals surface area contributed by atoms with Crippen molar-refractivity contribution in [2.24, 2.45) is 0 Å². The third kappa shape index (κ3) is 2.08. The van der Waals surface area contributed by atoms with Crippen molar-refractivity contribution in [3.05, 3.63) is 60.9 Å². The Labute approximate surface area is 125 Å². The van der Waals surface area contributed by atoms with Gasteiger partial charge in [-0.1, -0.05) is 35.6 Å². The maximum absolute atomic E-state index is 5.86. The SMILES string of the molecule is Nc1cccc(-c2nccn2-c2nc3ccccc3s2)c1. The zero-order chi connectivity index (χ0) is 14.2. The standard InChI is InChI=1S/C16H12N4S/c17-12-5-3-4-11(10-12)15-18-8-9-20(15)16-19-13-6-1-2-7-14(13)21-16/h1-10H,17H2. The molecule has 0 aliphatic rings. The molecule has 21 heavy (non-hydrogen) atoms. The van der Waals surface area contributed by atoms with Crippen LogP contribution >= 0.6 is 11.3 Å². The fourth-order valence-electron chi connectivity index (χ4n) is 2.31. The zero-order valence-electron chi connectivity index (χ0n) is 11.1. The molecule has 4 aromatic rings. The van der Waals surface area contributed by atoms with Gasteiger partial charge in [0.2, 0.25) is 0 Å². The second-order valence-electron chi connectivity index (χ2n) is 4.71. The summed E-state index contributed by atoms with van der Waals surface area (Å²) < 4.78 is 3.17. The number of para-hydroxylation sites is 1. The number of nitrogens with two attached hydrogens (primary N) is 1. The van der Waals surface area contributed by atoms with Crippen molar-refractivity contribution in [1.82, 2.24) is 14.5 Å². The Morgan fingerprint density at radius 3 is 2.81 bits per heavy atom. The zero-order valence-corrected chi connectivity index (χ0v) is 11.9. The summed E-state index contributed by atoms with van der Waals surface area (Å²) in [7, 11) is 0. The highest BCUT2D eigenvalue weighted by Crippen LogP contribution is 2.28. The summed E-state index contributed by atoms with van der Waals surface area (Å²) in [4.78, 5) is 9.12. The average molecular weight is 292 g/mol. The summed E-state index contributed by atoms with van der Waals surface area (Å²) in [5, 5.41) is 0.908. The number of fused-ring (bicyclic) bond motifs is 1. The van der Waals surface area contributed by atoms with Crippen molar-refractivity contribution in [2.75, 3.05) is 5.73 Å². The minimum Gasteiger partial charge on any atom is -0.399 e. The van der Waals surface area contributed by atoms with Crippen molar-refractivity contribution in [1.29, 1.82) is 0 Å². The largest absolute Gasteiger partial charge is 0.399 e. The van der Waals surface area contributed by atoms with E-state index >= 15 is 0 Å². The number of hydrogen-bond acceptors (Lipinski definition) is 4. The van der Waals surface area contributed by atoms with Gasteiger partial charge < -0.3 is 5.73 Å². The average Bonchev–Trinajstić information content (AvgIpc) is 3.13. The van der Waals surface area contributed by atoms with Crippen LogP contribution < -0.4 is 5.73 Å². The van der Waals surface area contributed by atoms with Crippen LogP contribution in [-0.4, -0.2) is 14.5 Å². The third-order valence-corrected chi connectivity index (χ3v) is 4.31. The molecular weight excluding hydrogens is 280 g/mol. The summed E-state index contributed by atoms with van der Waals surface area (Å²) >= 11 is 1.65. The monoisotopic (exact) mass is 292 g/mol. The van der Waals surface area contributed by atoms with Crippen molar-refractivity contribution < 1.29 is 0 Å². The lowest BCUT2D eigenvalue weighted by atomic mass is 10.2. The topological polar surface area (TPSA) is 56.7 Å². The summed E-state index contributed by atoms with van der Waals surface area (Å²) in [5.74, 6) is 0.848. The number of thiazole rings is 1. The van der Waals surface area contributed by atoms with Gasteiger partial charge in [0.05, 0.1) is 10.2 Å². The van der Waals surface area contributed by atoms with Crippen LogP contribution in [0.4, 0.5) is 5.69 Å². The summed E-state index contributed by atoms with van der Waals surface area (Å²) in [5.41, 5.74) is 8.58. The van der Waals surface area contributed by atoms with Crippen molar-refractivity contribution in [3.8, 4) is 16.5 Å². The highest BCUT2D eigenvalue weighted by Gasteiger charge is 2.11. The normalized spacial score (nSPS) is 11.0. The molecule has 0 amide bonds. The number of nitrogens with zero attached hydrogens (tertiary/aromatic N) is 3. The molecular formula is C16H12N4S. The van der Waals surface area contributed by atoms with E-state index in [1.165, 1.54) is 4.70 Å². The molecule has 0 spiro atoms. The van der Waals surface area contributed by atoms with Crippen LogP contribution in [0, 0.1) is 0 Å². The summed E-state index contributed by atoms with van der Waals surface area (Å²) in [6, 6.07) is 15.8. The fourth-order valence-corrected chi connectivity index (χ4v) is 3.26. The van der Waals surface area contributed by atoms with E-state index in [4.69, 9.17) is 5.73 Å². The molecule has 2 N–H and O–H groups in total. The predicted octanol–water partition coefficient (Wildman–Crippen LogP) is 3.73. The number of imidazole rings is 1. The molecule has 2 aromatic heterocycles. The molecule has 0 aliphatic carbocycles. The molecule has 0 radical (unpaired) electrons. The lowest BCUT2D eigenvalue weighted by Gasteiger charge is -2.04. The number of nitrogen functional groups attached to an aromatic ring is 1. The maximum atomic E-state index is 5.86. The van der Waals surface area contributed by atoms with Gasteiger partial charge in [0.1, 0.15) is 5.82 Å². The molecule has 0 saturated heterocycles. The first-order chi connectivity index (χ1) is 10.3. The van der Waals surface area contributed by atoms with E-state index in [1.54, 1.807) is 17.5 Å². The summed E-state index contributed by atoms with van der Waals surface area (Å²) in [6.45, 7) is 0. The molecule has 0 bridgehead atoms. The number of rotatable bonds is 2. The van der Waals surface area contributed by atoms with Gasteiger partial charge in [-0.25, -0.2) is 9.97 Å². The molecule has 0 atom stereocenters. The van der Waals surface area contributed by atoms with E-state index in [0.717, 1.165) is 27.7 Å². The molecule has 0 unspecified atom stereocenters. The smallest absolute Gasteiger partial charge is 0.196 e. The molecule has 0 saturated carbocycles. The molecule has 102 valence electrons. The van der Waals surface area contributed by atoms with Crippen molar-refractivity contribution in [2.45, 2.75) is 0 Å². The molecule has 4 rings (SSSR count). The van der Waals surface area contributed by atoms with Crippen LogP contribution in [0.2, 0.25) is 0 Å². The van der Waals surface area contributed by atoms with Crippen molar-refractivity contribution >= 4 is 27.2 Å². The van der Waals surface area contributed by atoms with E-state index in [9.17, 15) is 0 Å². The Morgan fingerprint density at radius 2 is 1.95 bits per heavy atom. The van der Waals surface area contributed by atoms with E-state index in [2.05, 4.69) is 16.0 Å². The van der Waals surface area contributed by atoms with E-state index in [-0.39, 0.29) is 0 Å². The lowest BCUT2D eigenvalue weighted by Crippen LogP contribution is -1.96. The van der Waals surface area contributed by atoms with Gasteiger partial charge in [0.15, 0.2) is 5.13 Å². The van der Waals surface area contributed by atoms with Crippen LogP contribution in [0.25, 0.3) is 26.7 Å². The van der Waals surface area contributed by atoms with E-state index in [1.807, 2.05) is 53.2 Å². The number of aromatic nitrogens is 3. The Hall–Kier alpha value is -2.66. The molecule has 5 heteroatoms. The van der Waals surface area contributed by atoms with Crippen LogP contribution in [0.15, 0.2) is 60.9 Å². The van der Waals surface area contributed by atoms with E-state index in [0.29, 0.717) is 0 Å². The Bertz CT molecular complexity index is 890. The van der Waals surface area contributed by atoms with Crippen LogP contribution in [0.1, 0.15) is 0 Å². The Kier molecular flexibility index (Phi) is 2.72. The second kappa shape index (κ2) is 4.71. The maximum Gasteiger partial charge on any atom is 0.196 e. The first-order valence-electron chi connectivity index (χ1n) is 6.56. The highest BCUT2D eigenvalue weighted by molar-refractivity contribution is 7.20. The quantitative estimate of drug-likeness (QED) is 0.573. The number of benzene rings is 2. The van der Waals surface area contributed by atoms with E-state index < -0.39 is 0 Å².